The lowest BCUT2D eigenvalue weighted by molar-refractivity contribution is 0.230. The van der Waals surface area contributed by atoms with Gasteiger partial charge in [-0.25, -0.2) is 0 Å². The van der Waals surface area contributed by atoms with Crippen molar-refractivity contribution < 1.29 is 0 Å². The monoisotopic (exact) mass is 343 g/mol. The van der Waals surface area contributed by atoms with Crippen molar-refractivity contribution in [3.8, 4) is 0 Å². The van der Waals surface area contributed by atoms with Crippen molar-refractivity contribution in [1.82, 2.24) is 4.90 Å². The lowest BCUT2D eigenvalue weighted by atomic mass is 9.72. The van der Waals surface area contributed by atoms with Crippen LogP contribution < -0.4 is 0 Å². The Labute approximate surface area is 158 Å². The maximum atomic E-state index is 4.43. The van der Waals surface area contributed by atoms with Crippen LogP contribution in [0.3, 0.4) is 0 Å². The van der Waals surface area contributed by atoms with Gasteiger partial charge in [0.1, 0.15) is 0 Å². The van der Waals surface area contributed by atoms with Crippen molar-refractivity contribution in [2.24, 2.45) is 5.41 Å². The van der Waals surface area contributed by atoms with Gasteiger partial charge in [-0.15, -0.1) is 0 Å². The third kappa shape index (κ3) is 3.72. The van der Waals surface area contributed by atoms with Gasteiger partial charge in [0.25, 0.3) is 0 Å². The molecule has 0 aromatic rings. The number of nitrogens with zero attached hydrogens (tertiary/aromatic N) is 1. The fourth-order valence-electron chi connectivity index (χ4n) is 3.50. The summed E-state index contributed by atoms with van der Waals surface area (Å²) in [6, 6.07) is 0.167. The molecule has 2 unspecified atom stereocenters. The van der Waals surface area contributed by atoms with Crippen LogP contribution in [0.5, 0.6) is 0 Å². The molecular weight excluding hydrogens is 314 g/mol. The summed E-state index contributed by atoms with van der Waals surface area (Å²) in [7, 11) is 0. The van der Waals surface area contributed by atoms with Crippen LogP contribution in [0, 0.1) is 5.41 Å². The highest BCUT2D eigenvalue weighted by Gasteiger charge is 2.38. The molecule has 0 aromatic carbocycles. The summed E-state index contributed by atoms with van der Waals surface area (Å²) in [5.74, 6) is 0. The second kappa shape index (κ2) is 8.53. The first kappa shape index (κ1) is 19.5. The fourth-order valence-corrected chi connectivity index (χ4v) is 3.50. The van der Waals surface area contributed by atoms with Crippen LogP contribution in [0.1, 0.15) is 13.8 Å². The largest absolute Gasteiger partial charge is 0.360 e. The van der Waals surface area contributed by atoms with E-state index in [0.717, 1.165) is 29.0 Å². The molecule has 134 valence electrons. The second-order valence-electron chi connectivity index (χ2n) is 6.63. The van der Waals surface area contributed by atoms with Gasteiger partial charge in [0, 0.05) is 17.7 Å². The Morgan fingerprint density at radius 1 is 1.23 bits per heavy atom. The van der Waals surface area contributed by atoms with E-state index in [-0.39, 0.29) is 11.5 Å². The predicted octanol–water partition coefficient (Wildman–Crippen LogP) is 6.23. The number of allylic oxidation sites excluding steroid dienone is 11. The number of rotatable bonds is 5. The van der Waals surface area contributed by atoms with E-state index in [1.165, 1.54) is 0 Å². The molecule has 0 radical (unpaired) electrons. The van der Waals surface area contributed by atoms with Crippen LogP contribution >= 0.6 is 0 Å². The molecular formula is C25H29N. The van der Waals surface area contributed by atoms with Gasteiger partial charge in [-0.05, 0) is 36.6 Å². The molecule has 26 heavy (non-hydrogen) atoms. The topological polar surface area (TPSA) is 3.24 Å². The van der Waals surface area contributed by atoms with E-state index in [9.17, 15) is 0 Å². The first-order valence-electron chi connectivity index (χ1n) is 8.96. The van der Waals surface area contributed by atoms with Crippen molar-refractivity contribution in [2.45, 2.75) is 19.9 Å². The molecule has 0 aromatic heterocycles. The van der Waals surface area contributed by atoms with Gasteiger partial charge in [-0.3, -0.25) is 0 Å². The van der Waals surface area contributed by atoms with Gasteiger partial charge >= 0.3 is 0 Å². The van der Waals surface area contributed by atoms with E-state index >= 15 is 0 Å². The van der Waals surface area contributed by atoms with Gasteiger partial charge in [0.05, 0.1) is 6.04 Å². The Bertz CT molecular complexity index is 779. The Balaban J connectivity index is 2.63. The first-order valence-corrected chi connectivity index (χ1v) is 8.96. The van der Waals surface area contributed by atoms with Crippen molar-refractivity contribution in [3.63, 3.8) is 0 Å². The molecule has 2 aliphatic rings. The highest BCUT2D eigenvalue weighted by molar-refractivity contribution is 5.53. The molecule has 2 atom stereocenters. The average Bonchev–Trinajstić information content (AvgIpc) is 2.69. The van der Waals surface area contributed by atoms with Crippen LogP contribution in [0.2, 0.25) is 0 Å². The predicted molar refractivity (Wildman–Crippen MR) is 116 cm³/mol. The summed E-state index contributed by atoms with van der Waals surface area (Å²) in [5.41, 5.74) is 4.09. The molecule has 0 saturated heterocycles. The number of hydrogen-bond acceptors (Lipinski definition) is 1. The normalized spacial score (nSPS) is 29.6. The molecule has 1 nitrogen and oxygen atoms in total. The molecule has 1 heteroatoms. The summed E-state index contributed by atoms with van der Waals surface area (Å²) < 4.78 is 0. The van der Waals surface area contributed by atoms with Crippen molar-refractivity contribution in [3.05, 3.63) is 122 Å². The Morgan fingerprint density at radius 2 is 2.00 bits per heavy atom. The van der Waals surface area contributed by atoms with Crippen LogP contribution in [-0.2, 0) is 0 Å². The van der Waals surface area contributed by atoms with E-state index in [2.05, 4.69) is 86.7 Å². The van der Waals surface area contributed by atoms with E-state index in [1.54, 1.807) is 6.08 Å². The average molecular weight is 344 g/mol. The van der Waals surface area contributed by atoms with Crippen molar-refractivity contribution in [2.75, 3.05) is 6.54 Å². The van der Waals surface area contributed by atoms with Crippen LogP contribution in [-0.4, -0.2) is 17.5 Å². The quantitative estimate of drug-likeness (QED) is 0.535. The van der Waals surface area contributed by atoms with Crippen LogP contribution in [0.4, 0.5) is 0 Å². The Hall–Kier alpha value is -2.80. The number of fused-ring (bicyclic) bond motifs is 1. The molecule has 1 aliphatic carbocycles. The zero-order valence-electron chi connectivity index (χ0n) is 16.0. The molecule has 1 aliphatic heterocycles. The van der Waals surface area contributed by atoms with Gasteiger partial charge in [0.15, 0.2) is 0 Å². The minimum Gasteiger partial charge on any atom is -0.360 e. The van der Waals surface area contributed by atoms with Crippen molar-refractivity contribution in [1.29, 1.82) is 0 Å². The maximum absolute atomic E-state index is 4.43. The molecule has 1 heterocycles. The molecule has 0 bridgehead atoms. The summed E-state index contributed by atoms with van der Waals surface area (Å²) in [6.45, 7) is 21.3. The first-order chi connectivity index (χ1) is 12.5. The Morgan fingerprint density at radius 3 is 2.62 bits per heavy atom. The molecule has 0 spiro atoms. The zero-order chi connectivity index (χ0) is 19.2. The summed E-state index contributed by atoms with van der Waals surface area (Å²) in [4.78, 5) is 2.37. The Kier molecular flexibility index (Phi) is 6.41. The van der Waals surface area contributed by atoms with Crippen LogP contribution in [0.25, 0.3) is 0 Å². The molecule has 0 amide bonds. The highest BCUT2D eigenvalue weighted by Crippen LogP contribution is 2.41. The molecule has 0 N–H and O–H groups in total. The highest BCUT2D eigenvalue weighted by atomic mass is 15.2. The lowest BCUT2D eigenvalue weighted by Gasteiger charge is -2.44. The summed E-state index contributed by atoms with van der Waals surface area (Å²) in [5, 5.41) is 0. The minimum absolute atomic E-state index is 0.167. The maximum Gasteiger partial charge on any atom is 0.0608 e. The standard InChI is InChI=1S/C25H29N/c1-7-14-21(8-2)22-15-13-18-26(23(9-3)10-4)24-16-11-12-17-25(24,6)20(5)19-22/h7-17,19,24H,1-3,5,18H2,4,6H3/b15-13-,21-14+,22-19+,23-10+. The van der Waals surface area contributed by atoms with Gasteiger partial charge < -0.3 is 4.90 Å². The molecule has 0 fully saturated rings. The van der Waals surface area contributed by atoms with E-state index in [4.69, 9.17) is 0 Å². The van der Waals surface area contributed by atoms with E-state index < -0.39 is 0 Å². The van der Waals surface area contributed by atoms with Gasteiger partial charge in [-0.2, -0.15) is 0 Å². The lowest BCUT2D eigenvalue weighted by Crippen LogP contribution is -2.45. The fraction of sp³-hybridized carbons (Fsp3) is 0.200. The second-order valence-corrected chi connectivity index (χ2v) is 6.63. The molecule has 2 rings (SSSR count). The number of hydrogen-bond donors (Lipinski definition) is 0. The summed E-state index contributed by atoms with van der Waals surface area (Å²) in [6.07, 6.45) is 24.8. The minimum atomic E-state index is -0.219. The molecule has 0 saturated carbocycles. The van der Waals surface area contributed by atoms with E-state index in [1.807, 2.05) is 25.2 Å². The third-order valence-electron chi connectivity index (χ3n) is 5.11. The van der Waals surface area contributed by atoms with E-state index in [0.29, 0.717) is 0 Å². The van der Waals surface area contributed by atoms with Crippen molar-refractivity contribution >= 4 is 0 Å². The smallest absolute Gasteiger partial charge is 0.0608 e. The van der Waals surface area contributed by atoms with Crippen LogP contribution in [0.15, 0.2) is 122 Å². The van der Waals surface area contributed by atoms with Gasteiger partial charge in [0.2, 0.25) is 0 Å². The zero-order valence-corrected chi connectivity index (χ0v) is 16.0. The SMILES string of the molecule is C=C/C=C(C=C)/C1=C/C(=C)C2(C)C=CC=CC2N(/C(C=C)=C/C)C/C=C\1. The van der Waals surface area contributed by atoms with Gasteiger partial charge in [-0.1, -0.05) is 93.2 Å². The third-order valence-corrected chi connectivity index (χ3v) is 5.11. The summed E-state index contributed by atoms with van der Waals surface area (Å²) >= 11 is 0.